The van der Waals surface area contributed by atoms with E-state index >= 15 is 0 Å². The third-order valence-corrected chi connectivity index (χ3v) is 6.42. The van der Waals surface area contributed by atoms with Crippen LogP contribution in [0.25, 0.3) is 6.08 Å². The van der Waals surface area contributed by atoms with Crippen LogP contribution in [0.3, 0.4) is 0 Å². The molecule has 1 aliphatic heterocycles. The van der Waals surface area contributed by atoms with Crippen molar-refractivity contribution in [2.45, 2.75) is 20.5 Å². The van der Waals surface area contributed by atoms with Gasteiger partial charge in [-0.25, -0.2) is 9.69 Å². The molecule has 1 aliphatic rings. The molecule has 7 nitrogen and oxygen atoms in total. The molecule has 0 aromatic heterocycles. The van der Waals surface area contributed by atoms with E-state index in [9.17, 15) is 14.4 Å². The van der Waals surface area contributed by atoms with Crippen molar-refractivity contribution in [2.75, 3.05) is 12.0 Å². The highest BCUT2D eigenvalue weighted by Gasteiger charge is 2.37. The minimum absolute atomic E-state index is 0.188. The molecule has 0 radical (unpaired) electrons. The summed E-state index contributed by atoms with van der Waals surface area (Å²) in [5.41, 5.74) is 3.27. The van der Waals surface area contributed by atoms with Gasteiger partial charge in [0.05, 0.1) is 17.3 Å². The smallest absolute Gasteiger partial charge is 0.335 e. The normalized spacial score (nSPS) is 14.8. The Hall–Kier alpha value is -3.62. The number of hydrogen-bond acceptors (Lipinski definition) is 5. The summed E-state index contributed by atoms with van der Waals surface area (Å²) in [5, 5.41) is 2.83. The molecule has 1 fully saturated rings. The number of carbonyl (C=O) groups is 3. The van der Waals surface area contributed by atoms with Crippen molar-refractivity contribution >= 4 is 57.1 Å². The summed E-state index contributed by atoms with van der Waals surface area (Å²) in [4.78, 5) is 39.4. The quantitative estimate of drug-likeness (QED) is 0.292. The first-order valence-corrected chi connectivity index (χ1v) is 12.1. The zero-order valence-corrected chi connectivity index (χ0v) is 22.1. The molecule has 1 N–H and O–H groups in total. The van der Waals surface area contributed by atoms with Gasteiger partial charge in [0.25, 0.3) is 11.8 Å². The number of amides is 4. The number of halogens is 2. The molecule has 9 heteroatoms. The van der Waals surface area contributed by atoms with Crippen molar-refractivity contribution in [3.8, 4) is 11.5 Å². The van der Waals surface area contributed by atoms with Crippen LogP contribution < -0.4 is 19.7 Å². The van der Waals surface area contributed by atoms with Crippen molar-refractivity contribution in [3.05, 3.63) is 91.9 Å². The third kappa shape index (κ3) is 5.29. The molecule has 36 heavy (non-hydrogen) atoms. The van der Waals surface area contributed by atoms with Gasteiger partial charge in [-0.15, -0.1) is 0 Å². The van der Waals surface area contributed by atoms with E-state index in [1.807, 2.05) is 38.1 Å². The number of urea groups is 1. The highest BCUT2D eigenvalue weighted by Crippen LogP contribution is 2.38. The fourth-order valence-electron chi connectivity index (χ4n) is 3.87. The van der Waals surface area contributed by atoms with Crippen LogP contribution in [0.4, 0.5) is 10.5 Å². The van der Waals surface area contributed by atoms with Crippen molar-refractivity contribution in [1.29, 1.82) is 0 Å². The number of carbonyl (C=O) groups excluding carboxylic acids is 3. The van der Waals surface area contributed by atoms with Crippen LogP contribution in [-0.4, -0.2) is 25.0 Å². The summed E-state index contributed by atoms with van der Waals surface area (Å²) in [6.07, 6.45) is 1.41. The lowest BCUT2D eigenvalue weighted by Crippen LogP contribution is -2.54. The zero-order valence-electron chi connectivity index (χ0n) is 19.7. The Bertz CT molecular complexity index is 1400. The lowest BCUT2D eigenvalue weighted by atomic mass is 10.0. The van der Waals surface area contributed by atoms with E-state index < -0.39 is 17.8 Å². The van der Waals surface area contributed by atoms with Crippen LogP contribution in [0.1, 0.15) is 22.3 Å². The molecule has 0 saturated carbocycles. The number of ether oxygens (including phenoxy) is 2. The number of methoxy groups -OCH3 is 1. The minimum Gasteiger partial charge on any atom is -0.493 e. The first-order chi connectivity index (χ1) is 17.2. The Balaban J connectivity index is 1.66. The lowest BCUT2D eigenvalue weighted by molar-refractivity contribution is -0.122. The zero-order chi connectivity index (χ0) is 26.0. The maximum atomic E-state index is 13.3. The Labute approximate surface area is 221 Å². The van der Waals surface area contributed by atoms with E-state index in [1.165, 1.54) is 13.2 Å². The number of barbiturate groups is 1. The van der Waals surface area contributed by atoms with Gasteiger partial charge >= 0.3 is 6.03 Å². The number of imide groups is 2. The van der Waals surface area contributed by atoms with Crippen LogP contribution in [0.5, 0.6) is 11.5 Å². The second-order valence-corrected chi connectivity index (χ2v) is 9.48. The first kappa shape index (κ1) is 25.5. The maximum Gasteiger partial charge on any atom is 0.335 e. The molecule has 0 aliphatic carbocycles. The van der Waals surface area contributed by atoms with Crippen LogP contribution in [0.15, 0.2) is 64.6 Å². The van der Waals surface area contributed by atoms with E-state index in [0.29, 0.717) is 32.2 Å². The minimum atomic E-state index is -0.797. The highest BCUT2D eigenvalue weighted by molar-refractivity contribution is 9.10. The molecule has 0 bridgehead atoms. The van der Waals surface area contributed by atoms with E-state index in [0.717, 1.165) is 21.6 Å². The van der Waals surface area contributed by atoms with E-state index in [-0.39, 0.29) is 12.2 Å². The van der Waals surface area contributed by atoms with Crippen molar-refractivity contribution < 1.29 is 23.9 Å². The molecule has 3 aromatic rings. The van der Waals surface area contributed by atoms with Crippen molar-refractivity contribution in [3.63, 3.8) is 0 Å². The number of nitrogens with zero attached hydrogens (tertiary/aromatic N) is 1. The van der Waals surface area contributed by atoms with Gasteiger partial charge in [0.1, 0.15) is 12.2 Å². The van der Waals surface area contributed by atoms with Gasteiger partial charge in [-0.05, 0) is 82.9 Å². The molecule has 3 aromatic carbocycles. The van der Waals surface area contributed by atoms with Crippen molar-refractivity contribution in [1.82, 2.24) is 5.32 Å². The van der Waals surface area contributed by atoms with Gasteiger partial charge in [0.15, 0.2) is 11.5 Å². The van der Waals surface area contributed by atoms with Crippen LogP contribution in [0, 0.1) is 13.8 Å². The third-order valence-electron chi connectivity index (χ3n) is 5.46. The van der Waals surface area contributed by atoms with Gasteiger partial charge in [0.2, 0.25) is 0 Å². The summed E-state index contributed by atoms with van der Waals surface area (Å²) in [6.45, 7) is 3.94. The Morgan fingerprint density at radius 2 is 1.72 bits per heavy atom. The van der Waals surface area contributed by atoms with E-state index in [4.69, 9.17) is 21.1 Å². The first-order valence-electron chi connectivity index (χ1n) is 10.9. The number of anilines is 1. The number of aryl methyl sites for hydroxylation is 2. The second-order valence-electron chi connectivity index (χ2n) is 8.22. The lowest BCUT2D eigenvalue weighted by Gasteiger charge is -2.27. The molecule has 1 heterocycles. The fraction of sp³-hybridized carbons (Fsp3) is 0.148. The SMILES string of the molecule is COc1cc(/C=C2/C(=O)NC(=O)N(c3cc(C)cc(C)c3)C2=O)cc(Br)c1OCc1ccccc1Cl. The number of hydrogen-bond donors (Lipinski definition) is 1. The highest BCUT2D eigenvalue weighted by atomic mass is 79.9. The summed E-state index contributed by atoms with van der Waals surface area (Å²) in [7, 11) is 1.49. The average Bonchev–Trinajstić information content (AvgIpc) is 2.81. The summed E-state index contributed by atoms with van der Waals surface area (Å²) >= 11 is 9.70. The molecule has 4 rings (SSSR count). The Kier molecular flexibility index (Phi) is 7.47. The molecule has 0 atom stereocenters. The molecule has 184 valence electrons. The molecule has 0 unspecified atom stereocenters. The van der Waals surface area contributed by atoms with Gasteiger partial charge in [-0.1, -0.05) is 35.9 Å². The number of nitrogens with one attached hydrogen (secondary N) is 1. The molecule has 0 spiro atoms. The van der Waals surface area contributed by atoms with Crippen molar-refractivity contribution in [2.24, 2.45) is 0 Å². The fourth-order valence-corrected chi connectivity index (χ4v) is 4.63. The van der Waals surface area contributed by atoms with Gasteiger partial charge < -0.3 is 9.47 Å². The van der Waals surface area contributed by atoms with E-state index in [1.54, 1.807) is 30.3 Å². The largest absolute Gasteiger partial charge is 0.493 e. The monoisotopic (exact) mass is 568 g/mol. The second kappa shape index (κ2) is 10.6. The van der Waals surface area contributed by atoms with Crippen LogP contribution >= 0.6 is 27.5 Å². The Morgan fingerprint density at radius 3 is 2.39 bits per heavy atom. The van der Waals surface area contributed by atoms with E-state index in [2.05, 4.69) is 21.2 Å². The van der Waals surface area contributed by atoms with Crippen LogP contribution in [-0.2, 0) is 16.2 Å². The molecular weight excluding hydrogens is 548 g/mol. The molecular formula is C27H22BrClN2O5. The van der Waals surface area contributed by atoms with Crippen LogP contribution in [0.2, 0.25) is 5.02 Å². The summed E-state index contributed by atoms with van der Waals surface area (Å²) in [5.74, 6) is -0.678. The maximum absolute atomic E-state index is 13.3. The summed E-state index contributed by atoms with van der Waals surface area (Å²) in [6, 6.07) is 15.2. The van der Waals surface area contributed by atoms with Gasteiger partial charge in [-0.2, -0.15) is 0 Å². The average molecular weight is 570 g/mol. The molecule has 1 saturated heterocycles. The van der Waals surface area contributed by atoms with Gasteiger partial charge in [-0.3, -0.25) is 14.9 Å². The molecule has 4 amide bonds. The number of benzene rings is 3. The topological polar surface area (TPSA) is 84.9 Å². The predicted molar refractivity (Wildman–Crippen MR) is 141 cm³/mol. The standard InChI is InChI=1S/C27H22BrClN2O5/c1-15-8-16(2)10-19(9-15)31-26(33)20(25(32)30-27(31)34)11-17-12-21(28)24(23(13-17)35-3)36-14-18-6-4-5-7-22(18)29/h4-13H,14H2,1-3H3,(H,30,32,34)/b20-11-. The van der Waals surface area contributed by atoms with Gasteiger partial charge in [0, 0.05) is 10.6 Å². The summed E-state index contributed by atoms with van der Waals surface area (Å²) < 4.78 is 12.0. The Morgan fingerprint density at radius 1 is 1.03 bits per heavy atom. The predicted octanol–water partition coefficient (Wildman–Crippen LogP) is 5.97. The number of rotatable bonds is 6.